The highest BCUT2D eigenvalue weighted by Crippen LogP contribution is 2.31. The van der Waals surface area contributed by atoms with Crippen molar-refractivity contribution in [3.05, 3.63) is 47.5 Å². The Bertz CT molecular complexity index is 825. The van der Waals surface area contributed by atoms with Crippen LogP contribution >= 0.6 is 0 Å². The van der Waals surface area contributed by atoms with Gasteiger partial charge < -0.3 is 15.5 Å². The summed E-state index contributed by atoms with van der Waals surface area (Å²) in [5, 5.41) is 0. The van der Waals surface area contributed by atoms with E-state index in [0.717, 1.165) is 48.1 Å². The number of halogens is 3. The number of nitrogens with two attached hydrogens (primary N) is 1. The summed E-state index contributed by atoms with van der Waals surface area (Å²) in [7, 11) is 0. The van der Waals surface area contributed by atoms with Crippen molar-refractivity contribution < 1.29 is 22.8 Å². The van der Waals surface area contributed by atoms with Crippen LogP contribution in [-0.4, -0.2) is 46.4 Å². The maximum Gasteiger partial charge on any atom is 0.471 e. The van der Waals surface area contributed by atoms with E-state index < -0.39 is 24.2 Å². The monoisotopic (exact) mass is 465 g/mol. The number of benzene rings is 1. The summed E-state index contributed by atoms with van der Waals surface area (Å²) < 4.78 is 40.4. The average Bonchev–Trinajstić information content (AvgIpc) is 3.24. The van der Waals surface area contributed by atoms with Gasteiger partial charge in [-0.05, 0) is 29.9 Å². The Morgan fingerprint density at radius 2 is 1.76 bits per heavy atom. The summed E-state index contributed by atoms with van der Waals surface area (Å²) in [6, 6.07) is 6.37. The molecule has 0 bridgehead atoms. The zero-order valence-electron chi connectivity index (χ0n) is 19.2. The summed E-state index contributed by atoms with van der Waals surface area (Å²) >= 11 is 0. The van der Waals surface area contributed by atoms with Crippen LogP contribution in [0.2, 0.25) is 0 Å². The van der Waals surface area contributed by atoms with Crippen LogP contribution in [0, 0.1) is 5.92 Å². The maximum absolute atomic E-state index is 13.5. The van der Waals surface area contributed by atoms with Crippen LogP contribution in [-0.2, 0) is 22.7 Å². The molecule has 0 aromatic heterocycles. The molecule has 2 aliphatic rings. The molecule has 1 fully saturated rings. The number of carbonyl (C=O) groups excluding carboxylic acids is 2. The Morgan fingerprint density at radius 1 is 1.15 bits per heavy atom. The zero-order chi connectivity index (χ0) is 24.0. The third-order valence-electron chi connectivity index (χ3n) is 6.77. The molecule has 8 heteroatoms. The van der Waals surface area contributed by atoms with Gasteiger partial charge in [0.1, 0.15) is 0 Å². The number of nitrogens with zero attached hydrogens (tertiary/aromatic N) is 2. The minimum Gasteiger partial charge on any atom is -0.330 e. The third kappa shape index (κ3) is 6.82. The Labute approximate surface area is 193 Å². The molecule has 1 aliphatic heterocycles. The van der Waals surface area contributed by atoms with Crippen molar-refractivity contribution in [2.24, 2.45) is 11.7 Å². The van der Waals surface area contributed by atoms with Gasteiger partial charge in [0.2, 0.25) is 5.91 Å². The Hall–Kier alpha value is -2.35. The number of fused-ring (bicyclic) bond motifs is 1. The van der Waals surface area contributed by atoms with Gasteiger partial charge >= 0.3 is 12.1 Å². The molecule has 1 aromatic rings. The lowest BCUT2D eigenvalue weighted by atomic mass is 9.84. The van der Waals surface area contributed by atoms with Crippen LogP contribution in [0.3, 0.4) is 0 Å². The number of amides is 2. The van der Waals surface area contributed by atoms with Gasteiger partial charge in [-0.1, -0.05) is 69.4 Å². The van der Waals surface area contributed by atoms with Crippen molar-refractivity contribution >= 4 is 11.8 Å². The van der Waals surface area contributed by atoms with Gasteiger partial charge in [-0.15, -0.1) is 0 Å². The van der Waals surface area contributed by atoms with Gasteiger partial charge in [0.15, 0.2) is 0 Å². The summed E-state index contributed by atoms with van der Waals surface area (Å²) in [4.78, 5) is 27.7. The fraction of sp³-hybridized carbons (Fsp3) is 0.600. The fourth-order valence-electron chi connectivity index (χ4n) is 4.78. The molecule has 1 aliphatic carbocycles. The SMILES string of the molecule is CC[C@H](N)CN(C(=O)C(F)(F)F)[C@H](/C=C/C(=O)N1Cc2ccccc2C1)CC1CCCCC1. The Morgan fingerprint density at radius 3 is 2.30 bits per heavy atom. The van der Waals surface area contributed by atoms with E-state index in [1.54, 1.807) is 11.8 Å². The second-order valence-corrected chi connectivity index (χ2v) is 9.25. The highest BCUT2D eigenvalue weighted by molar-refractivity contribution is 5.88. The zero-order valence-corrected chi connectivity index (χ0v) is 19.2. The van der Waals surface area contributed by atoms with E-state index in [1.165, 1.54) is 12.2 Å². The molecule has 33 heavy (non-hydrogen) atoms. The van der Waals surface area contributed by atoms with Crippen LogP contribution in [0.25, 0.3) is 0 Å². The lowest BCUT2D eigenvalue weighted by Gasteiger charge is -2.35. The first-order chi connectivity index (χ1) is 15.7. The molecular weight excluding hydrogens is 431 g/mol. The lowest BCUT2D eigenvalue weighted by Crippen LogP contribution is -2.51. The van der Waals surface area contributed by atoms with Crippen LogP contribution in [0.1, 0.15) is 63.0 Å². The van der Waals surface area contributed by atoms with E-state index in [9.17, 15) is 22.8 Å². The smallest absolute Gasteiger partial charge is 0.330 e. The molecule has 2 N–H and O–H groups in total. The Kier molecular flexibility index (Phi) is 8.57. The quantitative estimate of drug-likeness (QED) is 0.573. The van der Waals surface area contributed by atoms with E-state index in [1.807, 2.05) is 24.3 Å². The highest BCUT2D eigenvalue weighted by Gasteiger charge is 2.45. The van der Waals surface area contributed by atoms with E-state index in [4.69, 9.17) is 5.73 Å². The van der Waals surface area contributed by atoms with E-state index in [-0.39, 0.29) is 18.4 Å². The molecule has 5 nitrogen and oxygen atoms in total. The molecular formula is C25H34F3N3O2. The van der Waals surface area contributed by atoms with E-state index in [0.29, 0.717) is 25.9 Å². The fourth-order valence-corrected chi connectivity index (χ4v) is 4.78. The third-order valence-corrected chi connectivity index (χ3v) is 6.77. The highest BCUT2D eigenvalue weighted by atomic mass is 19.4. The van der Waals surface area contributed by atoms with E-state index in [2.05, 4.69) is 0 Å². The molecule has 1 saturated carbocycles. The van der Waals surface area contributed by atoms with Gasteiger partial charge in [-0.25, -0.2) is 0 Å². The molecule has 2 atom stereocenters. The van der Waals surface area contributed by atoms with Crippen LogP contribution in [0.5, 0.6) is 0 Å². The number of hydrogen-bond acceptors (Lipinski definition) is 3. The first-order valence-electron chi connectivity index (χ1n) is 11.9. The minimum absolute atomic E-state index is 0.195. The van der Waals surface area contributed by atoms with Crippen molar-refractivity contribution in [3.63, 3.8) is 0 Å². The van der Waals surface area contributed by atoms with Crippen molar-refractivity contribution in [2.45, 2.75) is 83.2 Å². The van der Waals surface area contributed by atoms with Gasteiger partial charge in [0.05, 0.1) is 6.04 Å². The molecule has 2 amide bonds. The summed E-state index contributed by atoms with van der Waals surface area (Å²) in [6.45, 7) is 2.53. The van der Waals surface area contributed by atoms with Crippen molar-refractivity contribution in [2.75, 3.05) is 6.54 Å². The molecule has 0 unspecified atom stereocenters. The lowest BCUT2D eigenvalue weighted by molar-refractivity contribution is -0.187. The van der Waals surface area contributed by atoms with Crippen molar-refractivity contribution in [3.8, 4) is 0 Å². The molecule has 0 spiro atoms. The second-order valence-electron chi connectivity index (χ2n) is 9.25. The first-order valence-corrected chi connectivity index (χ1v) is 11.9. The molecule has 3 rings (SSSR count). The van der Waals surface area contributed by atoms with Gasteiger partial charge in [-0.2, -0.15) is 13.2 Å². The minimum atomic E-state index is -4.99. The molecule has 1 aromatic carbocycles. The molecule has 182 valence electrons. The van der Waals surface area contributed by atoms with Gasteiger partial charge in [-0.3, -0.25) is 9.59 Å². The van der Waals surface area contributed by atoms with Crippen molar-refractivity contribution in [1.82, 2.24) is 9.80 Å². The number of hydrogen-bond donors (Lipinski definition) is 1. The Balaban J connectivity index is 1.80. The predicted molar refractivity (Wildman–Crippen MR) is 121 cm³/mol. The van der Waals surface area contributed by atoms with Crippen LogP contribution in [0.4, 0.5) is 13.2 Å². The number of rotatable bonds is 8. The largest absolute Gasteiger partial charge is 0.471 e. The second kappa shape index (κ2) is 11.2. The summed E-state index contributed by atoms with van der Waals surface area (Å²) in [5.41, 5.74) is 8.11. The maximum atomic E-state index is 13.5. The molecule has 1 heterocycles. The average molecular weight is 466 g/mol. The van der Waals surface area contributed by atoms with Crippen molar-refractivity contribution in [1.29, 1.82) is 0 Å². The topological polar surface area (TPSA) is 66.6 Å². The normalized spacial score (nSPS) is 18.9. The summed E-state index contributed by atoms with van der Waals surface area (Å²) in [5.74, 6) is -1.93. The predicted octanol–water partition coefficient (Wildman–Crippen LogP) is 4.55. The number of carbonyl (C=O) groups is 2. The first kappa shape index (κ1) is 25.3. The van der Waals surface area contributed by atoms with Crippen LogP contribution in [0.15, 0.2) is 36.4 Å². The number of alkyl halides is 3. The van der Waals surface area contributed by atoms with Gasteiger partial charge in [0.25, 0.3) is 0 Å². The molecule has 0 radical (unpaired) electrons. The summed E-state index contributed by atoms with van der Waals surface area (Å²) in [6.07, 6.45) is 3.74. The van der Waals surface area contributed by atoms with E-state index >= 15 is 0 Å². The molecule has 0 saturated heterocycles. The van der Waals surface area contributed by atoms with Crippen LogP contribution < -0.4 is 5.73 Å². The van der Waals surface area contributed by atoms with Gasteiger partial charge in [0, 0.05) is 31.8 Å². The standard InChI is InChI=1S/C25H34F3N3O2/c1-2-21(29)17-31(24(33)25(26,27)28)22(14-18-8-4-3-5-9-18)12-13-23(32)30-15-19-10-6-7-11-20(19)16-30/h6-7,10-13,18,21-22H,2-5,8-9,14-17,29H2,1H3/b13-12+/t21-,22+/m0/s1.